The fourth-order valence-corrected chi connectivity index (χ4v) is 4.93. The summed E-state index contributed by atoms with van der Waals surface area (Å²) in [5.74, 6) is 0.756. The van der Waals surface area contributed by atoms with Gasteiger partial charge in [-0.1, -0.05) is 18.2 Å². The van der Waals surface area contributed by atoms with Gasteiger partial charge < -0.3 is 14.8 Å². The van der Waals surface area contributed by atoms with Gasteiger partial charge in [0.25, 0.3) is 0 Å². The molecule has 1 N–H and O–H groups in total. The molecule has 2 aromatic rings. The van der Waals surface area contributed by atoms with Gasteiger partial charge in [-0.15, -0.1) is 0 Å². The van der Waals surface area contributed by atoms with Crippen molar-refractivity contribution >= 4 is 11.6 Å². The zero-order valence-electron chi connectivity index (χ0n) is 16.1. The molecular weight excluding hydrogens is 381 g/mol. The van der Waals surface area contributed by atoms with E-state index in [1.807, 2.05) is 28.8 Å². The van der Waals surface area contributed by atoms with Crippen molar-refractivity contribution in [1.29, 1.82) is 0 Å². The molecule has 1 aliphatic carbocycles. The average Bonchev–Trinajstić information content (AvgIpc) is 3.27. The number of nitrogens with zero attached hydrogens (tertiary/aromatic N) is 3. The smallest absolute Gasteiger partial charge is 0.330 e. The molecule has 5 nitrogen and oxygen atoms in total. The molecule has 29 heavy (non-hydrogen) atoms. The fourth-order valence-electron chi connectivity index (χ4n) is 4.93. The molecule has 1 spiro atoms. The van der Waals surface area contributed by atoms with Crippen molar-refractivity contribution in [3.63, 3.8) is 0 Å². The number of aryl methyl sites for hydroxylation is 1. The summed E-state index contributed by atoms with van der Waals surface area (Å²) in [4.78, 5) is 19.8. The highest BCUT2D eigenvalue weighted by Crippen LogP contribution is 2.44. The number of hydrogen-bond donors (Lipinski definition) is 1. The van der Waals surface area contributed by atoms with Crippen LogP contribution in [0.5, 0.6) is 0 Å². The second-order valence-corrected chi connectivity index (χ2v) is 8.24. The number of aromatic nitrogens is 2. The van der Waals surface area contributed by atoms with Crippen LogP contribution in [0.15, 0.2) is 24.3 Å². The molecule has 1 aromatic heterocycles. The average molecular weight is 404 g/mol. The summed E-state index contributed by atoms with van der Waals surface area (Å²) in [6.07, 6.45) is -2.26. The maximum Gasteiger partial charge on any atom is 0.389 e. The number of halogens is 3. The number of amides is 1. The predicted octanol–water partition coefficient (Wildman–Crippen LogP) is 3.10. The topological polar surface area (TPSA) is 50.2 Å². The Kier molecular flexibility index (Phi) is 4.24. The number of alkyl halides is 3. The monoisotopic (exact) mass is 404 g/mol. The van der Waals surface area contributed by atoms with E-state index in [1.165, 1.54) is 0 Å². The van der Waals surface area contributed by atoms with Gasteiger partial charge >= 0.3 is 6.18 Å². The summed E-state index contributed by atoms with van der Waals surface area (Å²) in [7, 11) is 0. The number of hydrogen-bond acceptors (Lipinski definition) is 3. The van der Waals surface area contributed by atoms with Gasteiger partial charge in [-0.25, -0.2) is 4.98 Å². The number of nitrogens with one attached hydrogen (secondary N) is 1. The van der Waals surface area contributed by atoms with E-state index >= 15 is 0 Å². The minimum absolute atomic E-state index is 0.0255. The zero-order valence-corrected chi connectivity index (χ0v) is 16.1. The van der Waals surface area contributed by atoms with Gasteiger partial charge in [0.1, 0.15) is 11.2 Å². The fraction of sp³-hybridized carbons (Fsp3) is 0.524. The molecule has 8 heteroatoms. The van der Waals surface area contributed by atoms with E-state index in [2.05, 4.69) is 5.32 Å². The van der Waals surface area contributed by atoms with Crippen molar-refractivity contribution in [2.75, 3.05) is 18.0 Å². The van der Waals surface area contributed by atoms with Crippen LogP contribution >= 0.6 is 0 Å². The van der Waals surface area contributed by atoms with Crippen LogP contribution in [0.2, 0.25) is 0 Å². The number of anilines is 1. The summed E-state index contributed by atoms with van der Waals surface area (Å²) < 4.78 is 39.9. The van der Waals surface area contributed by atoms with Crippen LogP contribution in [-0.2, 0) is 36.1 Å². The zero-order chi connectivity index (χ0) is 20.2. The Hall–Kier alpha value is -2.35. The van der Waals surface area contributed by atoms with Gasteiger partial charge in [0.2, 0.25) is 5.91 Å². The van der Waals surface area contributed by atoms with Crippen molar-refractivity contribution in [1.82, 2.24) is 14.9 Å². The normalized spacial score (nSPS) is 19.6. The molecule has 1 saturated heterocycles. The van der Waals surface area contributed by atoms with Crippen LogP contribution in [0.3, 0.4) is 0 Å². The van der Waals surface area contributed by atoms with Crippen molar-refractivity contribution < 1.29 is 18.0 Å². The molecule has 1 aromatic carbocycles. The van der Waals surface area contributed by atoms with E-state index in [9.17, 15) is 18.0 Å². The lowest BCUT2D eigenvalue weighted by molar-refractivity contribution is -0.136. The third-order valence-electron chi connectivity index (χ3n) is 6.42. The van der Waals surface area contributed by atoms with Gasteiger partial charge in [0.15, 0.2) is 0 Å². The highest BCUT2D eigenvalue weighted by atomic mass is 19.4. The molecule has 0 bridgehead atoms. The van der Waals surface area contributed by atoms with E-state index in [-0.39, 0.29) is 18.9 Å². The summed E-state index contributed by atoms with van der Waals surface area (Å²) in [5.41, 5.74) is 3.44. The number of para-hydroxylation sites is 1. The van der Waals surface area contributed by atoms with Crippen LogP contribution in [-0.4, -0.2) is 34.7 Å². The Morgan fingerprint density at radius 1 is 1.17 bits per heavy atom. The van der Waals surface area contributed by atoms with Gasteiger partial charge in [0, 0.05) is 37.4 Å². The number of rotatable bonds is 5. The highest BCUT2D eigenvalue weighted by molar-refractivity contribution is 6.09. The standard InChI is InChI=1S/C21H23F3N4O/c22-21(23,24)9-4-10-27-17-8-3-6-15(17)26-18(27)11-28-16-7-2-1-5-14(16)20(19(28)29)12-25-13-20/h1-2,5,7,25H,3-4,6,8-13H2. The first-order valence-corrected chi connectivity index (χ1v) is 10.2. The lowest BCUT2D eigenvalue weighted by Gasteiger charge is -2.38. The Bertz CT molecular complexity index is 961. The van der Waals surface area contributed by atoms with E-state index in [4.69, 9.17) is 4.98 Å². The SMILES string of the molecule is O=C1N(Cc2nc3c(n2CCCC(F)(F)F)CCC3)c2ccccc2C12CNC2. The maximum atomic E-state index is 13.3. The summed E-state index contributed by atoms with van der Waals surface area (Å²) >= 11 is 0. The quantitative estimate of drug-likeness (QED) is 0.833. The third-order valence-corrected chi connectivity index (χ3v) is 6.42. The van der Waals surface area contributed by atoms with Crippen molar-refractivity contribution in [2.45, 2.75) is 56.8 Å². The first-order chi connectivity index (χ1) is 13.9. The summed E-state index contributed by atoms with van der Waals surface area (Å²) in [5, 5.41) is 3.21. The Balaban J connectivity index is 1.44. The number of imidazole rings is 1. The highest BCUT2D eigenvalue weighted by Gasteiger charge is 2.54. The first-order valence-electron chi connectivity index (χ1n) is 10.2. The maximum absolute atomic E-state index is 13.3. The van der Waals surface area contributed by atoms with Gasteiger partial charge in [-0.05, 0) is 37.3 Å². The summed E-state index contributed by atoms with van der Waals surface area (Å²) in [6.45, 7) is 1.83. The van der Waals surface area contributed by atoms with Crippen molar-refractivity contribution in [3.8, 4) is 0 Å². The van der Waals surface area contributed by atoms with Crippen LogP contribution in [0.25, 0.3) is 0 Å². The number of fused-ring (bicyclic) bond motifs is 3. The predicted molar refractivity (Wildman–Crippen MR) is 102 cm³/mol. The molecule has 2 aliphatic heterocycles. The number of carbonyl (C=O) groups is 1. The Morgan fingerprint density at radius 3 is 2.69 bits per heavy atom. The van der Waals surface area contributed by atoms with E-state index in [0.717, 1.165) is 41.9 Å². The van der Waals surface area contributed by atoms with Crippen LogP contribution in [0, 0.1) is 0 Å². The largest absolute Gasteiger partial charge is 0.389 e. The van der Waals surface area contributed by atoms with Crippen molar-refractivity contribution in [3.05, 3.63) is 47.0 Å². The Morgan fingerprint density at radius 2 is 1.97 bits per heavy atom. The third kappa shape index (κ3) is 2.96. The number of carbonyl (C=O) groups excluding carboxylic acids is 1. The molecule has 0 saturated carbocycles. The van der Waals surface area contributed by atoms with E-state index in [0.29, 0.717) is 25.5 Å². The minimum Gasteiger partial charge on any atom is -0.330 e. The molecule has 0 atom stereocenters. The van der Waals surface area contributed by atoms with Gasteiger partial charge in [-0.2, -0.15) is 13.2 Å². The number of benzene rings is 1. The lowest BCUT2D eigenvalue weighted by Crippen LogP contribution is -2.61. The lowest BCUT2D eigenvalue weighted by atomic mass is 9.76. The molecular formula is C21H23F3N4O. The van der Waals surface area contributed by atoms with Crippen molar-refractivity contribution in [2.24, 2.45) is 0 Å². The molecule has 0 radical (unpaired) electrons. The van der Waals surface area contributed by atoms with E-state index in [1.54, 1.807) is 4.90 Å². The van der Waals surface area contributed by atoms with Gasteiger partial charge in [-0.3, -0.25) is 4.79 Å². The van der Waals surface area contributed by atoms with Crippen LogP contribution in [0.1, 0.15) is 42.0 Å². The second kappa shape index (κ2) is 6.58. The minimum atomic E-state index is -4.16. The molecule has 5 rings (SSSR count). The molecule has 1 fully saturated rings. The first kappa shape index (κ1) is 18.7. The summed E-state index contributed by atoms with van der Waals surface area (Å²) in [6, 6.07) is 7.82. The van der Waals surface area contributed by atoms with Gasteiger partial charge in [0.05, 0.1) is 12.2 Å². The van der Waals surface area contributed by atoms with Crippen LogP contribution < -0.4 is 10.2 Å². The molecule has 0 unspecified atom stereocenters. The molecule has 1 amide bonds. The Labute approximate surface area is 166 Å². The van der Waals surface area contributed by atoms with E-state index < -0.39 is 18.0 Å². The molecule has 3 aliphatic rings. The molecule has 3 heterocycles. The van der Waals surface area contributed by atoms with Crippen LogP contribution in [0.4, 0.5) is 18.9 Å². The molecule has 154 valence electrons. The second-order valence-electron chi connectivity index (χ2n) is 8.24.